The summed E-state index contributed by atoms with van der Waals surface area (Å²) >= 11 is 23.4. The molecule has 0 spiro atoms. The van der Waals surface area contributed by atoms with Gasteiger partial charge in [-0.2, -0.15) is 13.2 Å². The fraction of sp³-hybridized carbons (Fsp3) is 0.238. The minimum atomic E-state index is -4.38. The lowest BCUT2D eigenvalue weighted by atomic mass is 10.0. The number of hydrogen-bond donors (Lipinski definition) is 0. The quantitative estimate of drug-likeness (QED) is 0.339. The average Bonchev–Trinajstić information content (AvgIpc) is 2.63. The van der Waals surface area contributed by atoms with Gasteiger partial charge in [-0.25, -0.2) is 0 Å². The van der Waals surface area contributed by atoms with E-state index in [-0.39, 0.29) is 33.3 Å². The lowest BCUT2D eigenvalue weighted by Gasteiger charge is -2.12. The highest BCUT2D eigenvalue weighted by Crippen LogP contribution is 2.37. The van der Waals surface area contributed by atoms with Crippen molar-refractivity contribution in [1.82, 2.24) is 0 Å². The third-order valence-corrected chi connectivity index (χ3v) is 4.84. The van der Waals surface area contributed by atoms with Crippen LogP contribution in [0.25, 0.3) is 6.08 Å². The first-order valence-electron chi connectivity index (χ1n) is 8.68. The summed E-state index contributed by atoms with van der Waals surface area (Å²) < 4.78 is 50.0. The lowest BCUT2D eigenvalue weighted by molar-refractivity contribution is -0.138. The van der Waals surface area contributed by atoms with Gasteiger partial charge in [-0.15, -0.1) is 0 Å². The molecule has 2 rings (SSSR count). The fourth-order valence-electron chi connectivity index (χ4n) is 2.54. The second-order valence-corrected chi connectivity index (χ2v) is 7.90. The summed E-state index contributed by atoms with van der Waals surface area (Å²) in [6, 6.07) is 7.15. The molecule has 2 aromatic carbocycles. The van der Waals surface area contributed by atoms with Crippen molar-refractivity contribution in [3.63, 3.8) is 0 Å². The molecule has 0 atom stereocenters. The van der Waals surface area contributed by atoms with E-state index in [1.165, 1.54) is 19.1 Å². The maximum absolute atomic E-state index is 13.0. The van der Waals surface area contributed by atoms with E-state index in [9.17, 15) is 13.2 Å². The van der Waals surface area contributed by atoms with Crippen LogP contribution in [0.15, 0.2) is 47.0 Å². The zero-order chi connectivity index (χ0) is 22.3. The molecule has 30 heavy (non-hydrogen) atoms. The zero-order valence-electron chi connectivity index (χ0n) is 15.7. The smallest absolute Gasteiger partial charge is 0.416 e. The van der Waals surface area contributed by atoms with Crippen molar-refractivity contribution in [2.24, 2.45) is 0 Å². The lowest BCUT2D eigenvalue weighted by Crippen LogP contribution is -2.08. The van der Waals surface area contributed by atoms with Crippen LogP contribution in [-0.2, 0) is 6.18 Å². The zero-order valence-corrected chi connectivity index (χ0v) is 18.7. The summed E-state index contributed by atoms with van der Waals surface area (Å²) in [6.07, 6.45) is 0.883. The molecule has 2 nitrogen and oxygen atoms in total. The molecule has 0 bridgehead atoms. The van der Waals surface area contributed by atoms with Crippen molar-refractivity contribution in [1.29, 1.82) is 0 Å². The summed E-state index contributed by atoms with van der Waals surface area (Å²) in [5.41, 5.74) is 0.0215. The molecule has 0 fully saturated rings. The highest BCUT2D eigenvalue weighted by atomic mass is 35.5. The van der Waals surface area contributed by atoms with E-state index in [4.69, 9.17) is 55.9 Å². The van der Waals surface area contributed by atoms with Gasteiger partial charge < -0.3 is 9.47 Å². The van der Waals surface area contributed by atoms with Crippen LogP contribution in [0.1, 0.15) is 23.1 Å². The highest BCUT2D eigenvalue weighted by Gasteiger charge is 2.32. The summed E-state index contributed by atoms with van der Waals surface area (Å²) in [4.78, 5) is 0. The number of ether oxygens (including phenoxy) is 2. The standard InChI is InChI=1S/C21H17Cl4F3O2/c1-13-14(6-4-7-16(13)21(26,27)28)5-2-3-9-30-20-17(22)11-15(12-18(20)23)29-10-8-19(24)25/h2,4-8,11-12H,3,9-10H2,1H3. The number of alkyl halides is 3. The van der Waals surface area contributed by atoms with Crippen LogP contribution >= 0.6 is 46.4 Å². The van der Waals surface area contributed by atoms with Gasteiger partial charge in [0.25, 0.3) is 0 Å². The van der Waals surface area contributed by atoms with Gasteiger partial charge in [-0.1, -0.05) is 70.7 Å². The Labute approximate surface area is 192 Å². The van der Waals surface area contributed by atoms with Gasteiger partial charge in [-0.05, 0) is 36.6 Å². The summed E-state index contributed by atoms with van der Waals surface area (Å²) in [7, 11) is 0. The normalized spacial score (nSPS) is 11.6. The van der Waals surface area contributed by atoms with Gasteiger partial charge in [0, 0.05) is 12.1 Å². The maximum Gasteiger partial charge on any atom is 0.416 e. The second-order valence-electron chi connectivity index (χ2n) is 6.08. The van der Waals surface area contributed by atoms with Gasteiger partial charge in [0.05, 0.1) is 22.2 Å². The Morgan fingerprint density at radius 2 is 1.73 bits per heavy atom. The van der Waals surface area contributed by atoms with Crippen molar-refractivity contribution in [2.75, 3.05) is 13.2 Å². The SMILES string of the molecule is Cc1c(C=CCCOc2c(Cl)cc(OCC=C(Cl)Cl)cc2Cl)cccc1C(F)(F)F. The van der Waals surface area contributed by atoms with E-state index in [2.05, 4.69) is 0 Å². The highest BCUT2D eigenvalue weighted by molar-refractivity contribution is 6.55. The molecule has 0 unspecified atom stereocenters. The molecule has 0 heterocycles. The minimum absolute atomic E-state index is 0.0838. The van der Waals surface area contributed by atoms with E-state index in [1.807, 2.05) is 0 Å². The molecule has 0 radical (unpaired) electrons. The maximum atomic E-state index is 13.0. The summed E-state index contributed by atoms with van der Waals surface area (Å²) in [6.45, 7) is 1.83. The molecule has 0 saturated heterocycles. The Bertz CT molecular complexity index is 913. The van der Waals surface area contributed by atoms with E-state index >= 15 is 0 Å². The third kappa shape index (κ3) is 7.31. The van der Waals surface area contributed by atoms with Crippen molar-refractivity contribution >= 4 is 52.5 Å². The Hall–Kier alpha value is -1.53. The predicted octanol–water partition coefficient (Wildman–Crippen LogP) is 8.50. The van der Waals surface area contributed by atoms with Crippen LogP contribution in [0.4, 0.5) is 13.2 Å². The molecule has 0 amide bonds. The number of hydrogen-bond acceptors (Lipinski definition) is 2. The van der Waals surface area contributed by atoms with E-state index in [0.29, 0.717) is 23.5 Å². The minimum Gasteiger partial charge on any atom is -0.490 e. The number of benzene rings is 2. The van der Waals surface area contributed by atoms with Crippen molar-refractivity contribution < 1.29 is 22.6 Å². The first-order chi connectivity index (χ1) is 14.1. The van der Waals surface area contributed by atoms with E-state index < -0.39 is 11.7 Å². The van der Waals surface area contributed by atoms with Crippen LogP contribution in [0.3, 0.4) is 0 Å². The summed E-state index contributed by atoms with van der Waals surface area (Å²) in [5.74, 6) is 0.711. The fourth-order valence-corrected chi connectivity index (χ4v) is 3.24. The first kappa shape index (κ1) is 24.7. The Morgan fingerprint density at radius 1 is 1.07 bits per heavy atom. The summed E-state index contributed by atoms with van der Waals surface area (Å²) in [5, 5.41) is 0.521. The van der Waals surface area contributed by atoms with Gasteiger partial charge >= 0.3 is 6.18 Å². The van der Waals surface area contributed by atoms with Crippen molar-refractivity contribution in [2.45, 2.75) is 19.5 Å². The van der Waals surface area contributed by atoms with Crippen LogP contribution in [0, 0.1) is 6.92 Å². The molecular formula is C21H17Cl4F3O2. The molecule has 0 aliphatic carbocycles. The van der Waals surface area contributed by atoms with Gasteiger partial charge in [0.1, 0.15) is 16.8 Å². The molecule has 0 aliphatic rings. The molecule has 0 N–H and O–H groups in total. The van der Waals surface area contributed by atoms with Crippen LogP contribution in [0.5, 0.6) is 11.5 Å². The van der Waals surface area contributed by atoms with E-state index in [1.54, 1.807) is 30.4 Å². The second kappa shape index (κ2) is 11.2. The molecular weight excluding hydrogens is 483 g/mol. The van der Waals surface area contributed by atoms with Gasteiger partial charge in [-0.3, -0.25) is 0 Å². The Balaban J connectivity index is 1.95. The number of halogens is 7. The third-order valence-electron chi connectivity index (χ3n) is 3.97. The largest absolute Gasteiger partial charge is 0.490 e. The molecule has 9 heteroatoms. The monoisotopic (exact) mass is 498 g/mol. The average molecular weight is 500 g/mol. The van der Waals surface area contributed by atoms with Crippen LogP contribution in [0.2, 0.25) is 10.0 Å². The predicted molar refractivity (Wildman–Crippen MR) is 117 cm³/mol. The molecule has 2 aromatic rings. The van der Waals surface area contributed by atoms with Gasteiger partial charge in [0.2, 0.25) is 0 Å². The van der Waals surface area contributed by atoms with Crippen molar-refractivity contribution in [3.8, 4) is 11.5 Å². The molecule has 162 valence electrons. The number of rotatable bonds is 8. The van der Waals surface area contributed by atoms with Crippen LogP contribution in [-0.4, -0.2) is 13.2 Å². The Kier molecular flexibility index (Phi) is 9.23. The molecule has 0 aromatic heterocycles. The van der Waals surface area contributed by atoms with E-state index in [0.717, 1.165) is 6.07 Å². The molecule has 0 saturated carbocycles. The topological polar surface area (TPSA) is 18.5 Å². The van der Waals surface area contributed by atoms with Gasteiger partial charge in [0.15, 0.2) is 5.75 Å². The molecule has 0 aliphatic heterocycles. The van der Waals surface area contributed by atoms with Crippen LogP contribution < -0.4 is 9.47 Å². The Morgan fingerprint density at radius 3 is 2.33 bits per heavy atom. The van der Waals surface area contributed by atoms with Crippen molar-refractivity contribution in [3.05, 3.63) is 73.7 Å². The first-order valence-corrected chi connectivity index (χ1v) is 10.2.